The number of nitrogens with one attached hydrogen (secondary N) is 2. The summed E-state index contributed by atoms with van der Waals surface area (Å²) in [6.45, 7) is 12.8. The van der Waals surface area contributed by atoms with Crippen LogP contribution in [0.3, 0.4) is 0 Å². The van der Waals surface area contributed by atoms with Gasteiger partial charge in [0.05, 0.1) is 0 Å². The molecule has 0 fully saturated rings. The molecular formula is C16H31N5O. The second kappa shape index (κ2) is 9.43. The predicted octanol–water partition coefficient (Wildman–Crippen LogP) is 3.04. The van der Waals surface area contributed by atoms with Crippen LogP contribution in [0.2, 0.25) is 0 Å². The van der Waals surface area contributed by atoms with Crippen molar-refractivity contribution < 1.29 is 4.52 Å². The average Bonchev–Trinajstić information content (AvgIpc) is 2.88. The Kier molecular flexibility index (Phi) is 7.91. The third kappa shape index (κ3) is 7.43. The summed E-state index contributed by atoms with van der Waals surface area (Å²) in [6.07, 6.45) is 5.06. The van der Waals surface area contributed by atoms with E-state index < -0.39 is 0 Å². The van der Waals surface area contributed by atoms with Gasteiger partial charge in [-0.05, 0) is 18.8 Å². The topological polar surface area (TPSA) is 75.3 Å². The molecule has 0 bridgehead atoms. The van der Waals surface area contributed by atoms with E-state index in [1.807, 2.05) is 0 Å². The van der Waals surface area contributed by atoms with Gasteiger partial charge in [0.25, 0.3) is 0 Å². The first-order chi connectivity index (χ1) is 10.5. The molecular weight excluding hydrogens is 278 g/mol. The highest BCUT2D eigenvalue weighted by molar-refractivity contribution is 5.79. The van der Waals surface area contributed by atoms with Gasteiger partial charge in [0.15, 0.2) is 11.8 Å². The summed E-state index contributed by atoms with van der Waals surface area (Å²) in [5, 5.41) is 10.5. The van der Waals surface area contributed by atoms with E-state index in [1.54, 1.807) is 6.92 Å². The van der Waals surface area contributed by atoms with Crippen molar-refractivity contribution in [3.05, 3.63) is 11.7 Å². The Bertz CT molecular complexity index is 453. The van der Waals surface area contributed by atoms with Gasteiger partial charge in [-0.1, -0.05) is 45.2 Å². The number of aromatic nitrogens is 2. The molecule has 0 aromatic carbocycles. The number of aryl methyl sites for hydroxylation is 1. The summed E-state index contributed by atoms with van der Waals surface area (Å²) in [5.74, 6) is 1.98. The summed E-state index contributed by atoms with van der Waals surface area (Å²) in [5.41, 5.74) is 0.258. The fraction of sp³-hybridized carbons (Fsp3) is 0.812. The Labute approximate surface area is 134 Å². The first-order valence-electron chi connectivity index (χ1n) is 8.28. The highest BCUT2D eigenvalue weighted by atomic mass is 16.5. The van der Waals surface area contributed by atoms with Crippen molar-refractivity contribution >= 4 is 5.96 Å². The van der Waals surface area contributed by atoms with Gasteiger partial charge in [0.2, 0.25) is 5.89 Å². The fourth-order valence-corrected chi connectivity index (χ4v) is 2.16. The Balaban J connectivity index is 2.48. The lowest BCUT2D eigenvalue weighted by Gasteiger charge is -2.26. The number of hydrogen-bond acceptors (Lipinski definition) is 4. The second-order valence-electron chi connectivity index (χ2n) is 6.40. The van der Waals surface area contributed by atoms with Crippen molar-refractivity contribution in [1.82, 2.24) is 20.8 Å². The minimum absolute atomic E-state index is 0.258. The Morgan fingerprint density at radius 1 is 1.23 bits per heavy atom. The van der Waals surface area contributed by atoms with E-state index in [2.05, 4.69) is 53.5 Å². The van der Waals surface area contributed by atoms with Crippen LogP contribution in [0, 0.1) is 12.3 Å². The van der Waals surface area contributed by atoms with Gasteiger partial charge in [-0.2, -0.15) is 4.98 Å². The van der Waals surface area contributed by atoms with Gasteiger partial charge in [0.1, 0.15) is 6.54 Å². The molecule has 0 aliphatic rings. The SMILES string of the molecule is CCCCCC(C)(C)CNC(=NCc1noc(C)n1)NCC. The molecule has 0 unspecified atom stereocenters. The van der Waals surface area contributed by atoms with Crippen molar-refractivity contribution in [3.63, 3.8) is 0 Å². The zero-order chi connectivity index (χ0) is 16.4. The quantitative estimate of drug-likeness (QED) is 0.416. The maximum Gasteiger partial charge on any atom is 0.223 e. The van der Waals surface area contributed by atoms with Crippen molar-refractivity contribution in [2.75, 3.05) is 13.1 Å². The molecule has 0 atom stereocenters. The van der Waals surface area contributed by atoms with Crippen LogP contribution in [0.5, 0.6) is 0 Å². The van der Waals surface area contributed by atoms with Crippen LogP contribution < -0.4 is 10.6 Å². The summed E-state index contributed by atoms with van der Waals surface area (Å²) in [6, 6.07) is 0. The summed E-state index contributed by atoms with van der Waals surface area (Å²) in [7, 11) is 0. The van der Waals surface area contributed by atoms with Crippen molar-refractivity contribution in [2.24, 2.45) is 10.4 Å². The molecule has 0 saturated heterocycles. The van der Waals surface area contributed by atoms with Gasteiger partial charge in [-0.15, -0.1) is 0 Å². The number of unbranched alkanes of at least 4 members (excludes halogenated alkanes) is 2. The molecule has 2 N–H and O–H groups in total. The van der Waals surface area contributed by atoms with Gasteiger partial charge < -0.3 is 15.2 Å². The number of nitrogens with zero attached hydrogens (tertiary/aromatic N) is 3. The van der Waals surface area contributed by atoms with E-state index in [9.17, 15) is 0 Å². The Morgan fingerprint density at radius 3 is 2.59 bits per heavy atom. The molecule has 126 valence electrons. The molecule has 22 heavy (non-hydrogen) atoms. The molecule has 6 nitrogen and oxygen atoms in total. The summed E-state index contributed by atoms with van der Waals surface area (Å²) < 4.78 is 4.95. The smallest absolute Gasteiger partial charge is 0.223 e. The average molecular weight is 309 g/mol. The highest BCUT2D eigenvalue weighted by Crippen LogP contribution is 2.22. The molecule has 0 aliphatic heterocycles. The molecule has 1 aromatic heterocycles. The molecule has 1 aromatic rings. The van der Waals surface area contributed by atoms with Crippen LogP contribution in [0.1, 0.15) is 65.1 Å². The van der Waals surface area contributed by atoms with Crippen LogP contribution in [0.25, 0.3) is 0 Å². The number of rotatable bonds is 9. The number of guanidine groups is 1. The maximum absolute atomic E-state index is 4.95. The lowest BCUT2D eigenvalue weighted by molar-refractivity contribution is 0.318. The molecule has 0 radical (unpaired) electrons. The second-order valence-corrected chi connectivity index (χ2v) is 6.40. The first kappa shape index (κ1) is 18.5. The molecule has 0 aliphatic carbocycles. The minimum Gasteiger partial charge on any atom is -0.357 e. The van der Waals surface area contributed by atoms with E-state index in [-0.39, 0.29) is 5.41 Å². The van der Waals surface area contributed by atoms with Gasteiger partial charge in [-0.25, -0.2) is 4.99 Å². The van der Waals surface area contributed by atoms with E-state index in [4.69, 9.17) is 4.52 Å². The van der Waals surface area contributed by atoms with Crippen molar-refractivity contribution in [3.8, 4) is 0 Å². The van der Waals surface area contributed by atoms with Gasteiger partial charge in [0, 0.05) is 20.0 Å². The Hall–Kier alpha value is -1.59. The highest BCUT2D eigenvalue weighted by Gasteiger charge is 2.17. The number of hydrogen-bond donors (Lipinski definition) is 2. The molecule has 1 heterocycles. The number of aliphatic imine (C=N–C) groups is 1. The summed E-state index contributed by atoms with van der Waals surface area (Å²) in [4.78, 5) is 8.67. The molecule has 0 saturated carbocycles. The maximum atomic E-state index is 4.95. The minimum atomic E-state index is 0.258. The lowest BCUT2D eigenvalue weighted by Crippen LogP contribution is -2.42. The van der Waals surface area contributed by atoms with Crippen LogP contribution in [-0.2, 0) is 6.54 Å². The zero-order valence-corrected chi connectivity index (χ0v) is 14.7. The third-order valence-corrected chi connectivity index (χ3v) is 3.48. The molecule has 6 heteroatoms. The van der Waals surface area contributed by atoms with Crippen LogP contribution in [0.15, 0.2) is 9.52 Å². The van der Waals surface area contributed by atoms with Gasteiger partial charge in [-0.3, -0.25) is 0 Å². The van der Waals surface area contributed by atoms with Gasteiger partial charge >= 0.3 is 0 Å². The molecule has 1 rings (SSSR count). The Morgan fingerprint density at radius 2 is 2.00 bits per heavy atom. The lowest BCUT2D eigenvalue weighted by atomic mass is 9.87. The largest absolute Gasteiger partial charge is 0.357 e. The van der Waals surface area contributed by atoms with Crippen molar-refractivity contribution in [2.45, 2.75) is 66.8 Å². The molecule has 0 spiro atoms. The van der Waals surface area contributed by atoms with Crippen molar-refractivity contribution in [1.29, 1.82) is 0 Å². The predicted molar refractivity (Wildman–Crippen MR) is 89.8 cm³/mol. The van der Waals surface area contributed by atoms with E-state index >= 15 is 0 Å². The van der Waals surface area contributed by atoms with Crippen LogP contribution in [-0.4, -0.2) is 29.2 Å². The van der Waals surface area contributed by atoms with E-state index in [0.717, 1.165) is 19.0 Å². The van der Waals surface area contributed by atoms with Crippen LogP contribution in [0.4, 0.5) is 0 Å². The summed E-state index contributed by atoms with van der Waals surface area (Å²) >= 11 is 0. The zero-order valence-electron chi connectivity index (χ0n) is 14.7. The normalized spacial score (nSPS) is 12.5. The van der Waals surface area contributed by atoms with E-state index in [0.29, 0.717) is 18.3 Å². The monoisotopic (exact) mass is 309 g/mol. The molecule has 0 amide bonds. The first-order valence-corrected chi connectivity index (χ1v) is 8.28. The third-order valence-electron chi connectivity index (χ3n) is 3.48. The van der Waals surface area contributed by atoms with Crippen LogP contribution >= 0.6 is 0 Å². The fourth-order valence-electron chi connectivity index (χ4n) is 2.16. The van der Waals surface area contributed by atoms with E-state index in [1.165, 1.54) is 25.7 Å². The standard InChI is InChI=1S/C16H31N5O/c1-6-8-9-10-16(4,5)12-19-15(17-7-2)18-11-14-20-13(3)22-21-14/h6-12H2,1-5H3,(H2,17,18,19).